The van der Waals surface area contributed by atoms with Crippen molar-refractivity contribution in [2.45, 2.75) is 0 Å². The quantitative estimate of drug-likeness (QED) is 0.916. The molecule has 0 aliphatic heterocycles. The maximum absolute atomic E-state index is 13.7. The largest absolute Gasteiger partial charge is 0.496 e. The fourth-order valence-electron chi connectivity index (χ4n) is 1.67. The van der Waals surface area contributed by atoms with E-state index in [1.807, 2.05) is 0 Å². The number of carbonyl (C=O) groups excluding carboxylic acids is 1. The number of nitrogens with one attached hydrogen (secondary N) is 1. The normalized spacial score (nSPS) is 10.2. The minimum Gasteiger partial charge on any atom is -0.496 e. The predicted molar refractivity (Wildman–Crippen MR) is 75.0 cm³/mol. The predicted octanol–water partition coefficient (Wildman–Crippen LogP) is 3.99. The molecule has 0 bridgehead atoms. The highest BCUT2D eigenvalue weighted by atomic mass is 79.9. The molecule has 0 fully saturated rings. The summed E-state index contributed by atoms with van der Waals surface area (Å²) >= 11 is 3.12. The van der Waals surface area contributed by atoms with E-state index in [4.69, 9.17) is 4.74 Å². The topological polar surface area (TPSA) is 38.3 Å². The number of ether oxygens (including phenoxy) is 1. The van der Waals surface area contributed by atoms with Crippen molar-refractivity contribution in [3.05, 3.63) is 58.1 Å². The van der Waals surface area contributed by atoms with Crippen molar-refractivity contribution in [1.29, 1.82) is 0 Å². The van der Waals surface area contributed by atoms with Gasteiger partial charge in [-0.15, -0.1) is 0 Å². The summed E-state index contributed by atoms with van der Waals surface area (Å²) in [6.45, 7) is 0. The zero-order valence-electron chi connectivity index (χ0n) is 10.4. The van der Waals surface area contributed by atoms with E-state index in [1.165, 1.54) is 37.4 Å². The highest BCUT2D eigenvalue weighted by molar-refractivity contribution is 9.10. The van der Waals surface area contributed by atoms with Crippen LogP contribution in [-0.2, 0) is 0 Å². The first-order valence-corrected chi connectivity index (χ1v) is 6.41. The Bertz CT molecular complexity index is 662. The van der Waals surface area contributed by atoms with E-state index < -0.39 is 17.5 Å². The Morgan fingerprint density at radius 2 is 2.00 bits per heavy atom. The van der Waals surface area contributed by atoms with Crippen LogP contribution >= 0.6 is 15.9 Å². The summed E-state index contributed by atoms with van der Waals surface area (Å²) in [6.07, 6.45) is 0. The monoisotopic (exact) mass is 341 g/mol. The highest BCUT2D eigenvalue weighted by Crippen LogP contribution is 2.26. The van der Waals surface area contributed by atoms with Gasteiger partial charge in [-0.1, -0.05) is 6.07 Å². The molecule has 2 aromatic rings. The molecule has 0 atom stereocenters. The molecule has 0 saturated carbocycles. The fraction of sp³-hybridized carbons (Fsp3) is 0.0714. The molecule has 1 N–H and O–H groups in total. The number of amides is 1. The minimum atomic E-state index is -0.694. The number of anilines is 1. The standard InChI is InChI=1S/C14H10BrF2NO2/c1-20-12-4-2-3-10(17)13(12)14(19)18-11-6-5-8(16)7-9(11)15/h2-7H,1H3,(H,18,19). The summed E-state index contributed by atoms with van der Waals surface area (Å²) in [6, 6.07) is 7.87. The molecule has 0 aromatic heterocycles. The van der Waals surface area contributed by atoms with Crippen molar-refractivity contribution in [2.75, 3.05) is 12.4 Å². The first-order chi connectivity index (χ1) is 9.52. The first-order valence-electron chi connectivity index (χ1n) is 5.62. The molecule has 1 amide bonds. The summed E-state index contributed by atoms with van der Waals surface area (Å²) in [5, 5.41) is 2.50. The zero-order valence-corrected chi connectivity index (χ0v) is 12.0. The number of carbonyl (C=O) groups is 1. The molecule has 20 heavy (non-hydrogen) atoms. The Morgan fingerprint density at radius 3 is 2.65 bits per heavy atom. The molecule has 0 aliphatic carbocycles. The second kappa shape index (κ2) is 6.00. The lowest BCUT2D eigenvalue weighted by molar-refractivity contribution is 0.102. The van der Waals surface area contributed by atoms with Gasteiger partial charge in [0, 0.05) is 4.47 Å². The van der Waals surface area contributed by atoms with E-state index in [1.54, 1.807) is 0 Å². The van der Waals surface area contributed by atoms with E-state index in [-0.39, 0.29) is 11.3 Å². The van der Waals surface area contributed by atoms with Gasteiger partial charge in [-0.2, -0.15) is 0 Å². The molecule has 2 rings (SSSR count). The van der Waals surface area contributed by atoms with Crippen LogP contribution in [0.2, 0.25) is 0 Å². The van der Waals surface area contributed by atoms with E-state index in [9.17, 15) is 13.6 Å². The van der Waals surface area contributed by atoms with Gasteiger partial charge in [-0.3, -0.25) is 4.79 Å². The van der Waals surface area contributed by atoms with E-state index in [2.05, 4.69) is 21.2 Å². The van der Waals surface area contributed by atoms with Crippen molar-refractivity contribution in [3.8, 4) is 5.75 Å². The number of hydrogen-bond acceptors (Lipinski definition) is 2. The smallest absolute Gasteiger partial charge is 0.262 e. The molecule has 3 nitrogen and oxygen atoms in total. The molecule has 6 heteroatoms. The molecule has 0 unspecified atom stereocenters. The summed E-state index contributed by atoms with van der Waals surface area (Å²) in [5.41, 5.74) is 0.132. The van der Waals surface area contributed by atoms with Crippen molar-refractivity contribution >= 4 is 27.5 Å². The van der Waals surface area contributed by atoms with E-state index >= 15 is 0 Å². The third kappa shape index (κ3) is 2.96. The van der Waals surface area contributed by atoms with Gasteiger partial charge >= 0.3 is 0 Å². The van der Waals surface area contributed by atoms with Crippen LogP contribution in [0.1, 0.15) is 10.4 Å². The third-order valence-corrected chi connectivity index (χ3v) is 3.26. The Hall–Kier alpha value is -1.95. The lowest BCUT2D eigenvalue weighted by Crippen LogP contribution is -2.15. The molecular formula is C14H10BrF2NO2. The van der Waals surface area contributed by atoms with E-state index in [0.717, 1.165) is 6.07 Å². The number of rotatable bonds is 3. The number of halogens is 3. The third-order valence-electron chi connectivity index (χ3n) is 2.60. The Labute approximate surface area is 122 Å². The van der Waals surface area contributed by atoms with Crippen molar-refractivity contribution in [1.82, 2.24) is 0 Å². The maximum atomic E-state index is 13.7. The van der Waals surface area contributed by atoms with Gasteiger partial charge in [-0.25, -0.2) is 8.78 Å². The van der Waals surface area contributed by atoms with E-state index in [0.29, 0.717) is 10.2 Å². The fourth-order valence-corrected chi connectivity index (χ4v) is 2.12. The molecule has 0 spiro atoms. The van der Waals surface area contributed by atoms with Gasteiger partial charge < -0.3 is 10.1 Å². The molecule has 104 valence electrons. The van der Waals surface area contributed by atoms with Gasteiger partial charge in [0.2, 0.25) is 0 Å². The van der Waals surface area contributed by atoms with Gasteiger partial charge in [0.25, 0.3) is 5.91 Å². The number of benzene rings is 2. The lowest BCUT2D eigenvalue weighted by Gasteiger charge is -2.11. The molecule has 2 aromatic carbocycles. The molecule has 0 heterocycles. The van der Waals surface area contributed by atoms with Crippen LogP contribution < -0.4 is 10.1 Å². The Morgan fingerprint density at radius 1 is 1.25 bits per heavy atom. The van der Waals surface area contributed by atoms with Gasteiger partial charge in [-0.05, 0) is 46.3 Å². The second-order valence-electron chi connectivity index (χ2n) is 3.90. The van der Waals surface area contributed by atoms with Gasteiger partial charge in [0.05, 0.1) is 12.8 Å². The average molecular weight is 342 g/mol. The summed E-state index contributed by atoms with van der Waals surface area (Å²) < 4.78 is 32.0. The Balaban J connectivity index is 2.33. The minimum absolute atomic E-state index is 0.126. The molecule has 0 aliphatic rings. The van der Waals surface area contributed by atoms with Crippen LogP contribution in [-0.4, -0.2) is 13.0 Å². The maximum Gasteiger partial charge on any atom is 0.262 e. The number of methoxy groups -OCH3 is 1. The Kier molecular flexibility index (Phi) is 4.34. The number of hydrogen-bond donors (Lipinski definition) is 1. The van der Waals surface area contributed by atoms with Crippen molar-refractivity contribution < 1.29 is 18.3 Å². The van der Waals surface area contributed by atoms with Crippen LogP contribution in [0, 0.1) is 11.6 Å². The molecule has 0 radical (unpaired) electrons. The molecule has 0 saturated heterocycles. The SMILES string of the molecule is COc1cccc(F)c1C(=O)Nc1ccc(F)cc1Br. The highest BCUT2D eigenvalue weighted by Gasteiger charge is 2.18. The summed E-state index contributed by atoms with van der Waals surface area (Å²) in [7, 11) is 1.35. The summed E-state index contributed by atoms with van der Waals surface area (Å²) in [5.74, 6) is -1.69. The van der Waals surface area contributed by atoms with Crippen molar-refractivity contribution in [3.63, 3.8) is 0 Å². The molecular weight excluding hydrogens is 332 g/mol. The van der Waals surface area contributed by atoms with Gasteiger partial charge in [0.15, 0.2) is 0 Å². The lowest BCUT2D eigenvalue weighted by atomic mass is 10.1. The first kappa shape index (κ1) is 14.5. The average Bonchev–Trinajstić information content (AvgIpc) is 2.41. The summed E-state index contributed by atoms with van der Waals surface area (Å²) in [4.78, 5) is 12.1. The van der Waals surface area contributed by atoms with Crippen LogP contribution in [0.25, 0.3) is 0 Å². The zero-order chi connectivity index (χ0) is 14.7. The van der Waals surface area contributed by atoms with Crippen LogP contribution in [0.3, 0.4) is 0 Å². The van der Waals surface area contributed by atoms with Crippen molar-refractivity contribution in [2.24, 2.45) is 0 Å². The van der Waals surface area contributed by atoms with Crippen LogP contribution in [0.4, 0.5) is 14.5 Å². The second-order valence-corrected chi connectivity index (χ2v) is 4.75. The van der Waals surface area contributed by atoms with Crippen LogP contribution in [0.15, 0.2) is 40.9 Å². The van der Waals surface area contributed by atoms with Gasteiger partial charge in [0.1, 0.15) is 22.9 Å². The van der Waals surface area contributed by atoms with Crippen LogP contribution in [0.5, 0.6) is 5.75 Å².